The van der Waals surface area contributed by atoms with Crippen LogP contribution in [0.4, 0.5) is 4.79 Å². The molecule has 0 saturated heterocycles. The van der Waals surface area contributed by atoms with Crippen LogP contribution in [0, 0.1) is 0 Å². The molecule has 1 aromatic carbocycles. The van der Waals surface area contributed by atoms with E-state index >= 15 is 0 Å². The molecule has 0 heterocycles. The van der Waals surface area contributed by atoms with Gasteiger partial charge in [-0.3, -0.25) is 0 Å². The summed E-state index contributed by atoms with van der Waals surface area (Å²) in [7, 11) is 0. The number of carbonyl (C=O) groups is 1. The van der Waals surface area contributed by atoms with Crippen LogP contribution >= 0.6 is 11.6 Å². The summed E-state index contributed by atoms with van der Waals surface area (Å²) < 4.78 is 5.31. The molecular formula is C19H29ClN2O2. The second-order valence-corrected chi connectivity index (χ2v) is 7.96. The molecule has 1 fully saturated rings. The Morgan fingerprint density at radius 3 is 2.29 bits per heavy atom. The van der Waals surface area contributed by atoms with Crippen molar-refractivity contribution in [3.8, 4) is 0 Å². The third kappa shape index (κ3) is 7.10. The number of benzene rings is 1. The van der Waals surface area contributed by atoms with Gasteiger partial charge in [-0.1, -0.05) is 23.7 Å². The molecule has 0 bridgehead atoms. The van der Waals surface area contributed by atoms with Gasteiger partial charge in [-0.2, -0.15) is 0 Å². The molecule has 1 aromatic rings. The summed E-state index contributed by atoms with van der Waals surface area (Å²) in [6.07, 6.45) is 4.87. The average Bonchev–Trinajstić information content (AvgIpc) is 2.49. The van der Waals surface area contributed by atoms with E-state index in [1.807, 2.05) is 32.9 Å². The van der Waals surface area contributed by atoms with Gasteiger partial charge in [-0.25, -0.2) is 4.79 Å². The fraction of sp³-hybridized carbons (Fsp3) is 0.632. The minimum Gasteiger partial charge on any atom is -0.444 e. The van der Waals surface area contributed by atoms with E-state index in [4.69, 9.17) is 16.3 Å². The van der Waals surface area contributed by atoms with Gasteiger partial charge in [0.15, 0.2) is 0 Å². The summed E-state index contributed by atoms with van der Waals surface area (Å²) in [5, 5.41) is 7.38. The van der Waals surface area contributed by atoms with Gasteiger partial charge in [0.25, 0.3) is 0 Å². The zero-order valence-corrected chi connectivity index (χ0v) is 15.7. The monoisotopic (exact) mass is 352 g/mol. The summed E-state index contributed by atoms with van der Waals surface area (Å²) in [5.41, 5.74) is 0.858. The lowest BCUT2D eigenvalue weighted by atomic mass is 9.91. The van der Waals surface area contributed by atoms with Crippen molar-refractivity contribution >= 4 is 17.7 Å². The minimum absolute atomic E-state index is 0.231. The lowest BCUT2D eigenvalue weighted by Gasteiger charge is -2.30. The van der Waals surface area contributed by atoms with Gasteiger partial charge >= 0.3 is 6.09 Å². The molecule has 5 heteroatoms. The standard InChI is InChI=1S/C19H29ClN2O2/c1-19(2,3)24-18(23)22-17-10-8-16(9-11-17)21-13-12-14-4-6-15(20)7-5-14/h4-7,16-17,21H,8-13H2,1-3H3,(H,22,23). The summed E-state index contributed by atoms with van der Waals surface area (Å²) in [4.78, 5) is 11.8. The molecule has 4 nitrogen and oxygen atoms in total. The van der Waals surface area contributed by atoms with E-state index in [-0.39, 0.29) is 12.1 Å². The zero-order valence-electron chi connectivity index (χ0n) is 14.9. The van der Waals surface area contributed by atoms with Gasteiger partial charge in [0, 0.05) is 17.1 Å². The minimum atomic E-state index is -0.440. The van der Waals surface area contributed by atoms with Crippen molar-refractivity contribution in [1.29, 1.82) is 0 Å². The first-order valence-corrected chi connectivity index (χ1v) is 9.17. The molecule has 1 saturated carbocycles. The molecule has 2 N–H and O–H groups in total. The Morgan fingerprint density at radius 2 is 1.71 bits per heavy atom. The van der Waals surface area contributed by atoms with Gasteiger partial charge in [-0.15, -0.1) is 0 Å². The quantitative estimate of drug-likeness (QED) is 0.830. The summed E-state index contributed by atoms with van der Waals surface area (Å²) in [6, 6.07) is 8.79. The second-order valence-electron chi connectivity index (χ2n) is 7.53. The van der Waals surface area contributed by atoms with Crippen LogP contribution in [0.5, 0.6) is 0 Å². The lowest BCUT2D eigenvalue weighted by Crippen LogP contribution is -2.44. The van der Waals surface area contributed by atoms with Crippen LogP contribution < -0.4 is 10.6 Å². The first-order valence-electron chi connectivity index (χ1n) is 8.79. The van der Waals surface area contributed by atoms with Crippen molar-refractivity contribution in [3.63, 3.8) is 0 Å². The van der Waals surface area contributed by atoms with E-state index in [0.29, 0.717) is 6.04 Å². The van der Waals surface area contributed by atoms with Gasteiger partial charge in [0.05, 0.1) is 0 Å². The lowest BCUT2D eigenvalue weighted by molar-refractivity contribution is 0.0490. The molecule has 24 heavy (non-hydrogen) atoms. The van der Waals surface area contributed by atoms with Crippen LogP contribution in [0.3, 0.4) is 0 Å². The molecular weight excluding hydrogens is 324 g/mol. The maximum absolute atomic E-state index is 11.8. The van der Waals surface area contributed by atoms with Crippen molar-refractivity contribution in [2.45, 2.75) is 70.6 Å². The Balaban J connectivity index is 1.62. The number of hydrogen-bond donors (Lipinski definition) is 2. The molecule has 0 unspecified atom stereocenters. The SMILES string of the molecule is CC(C)(C)OC(=O)NC1CCC(NCCc2ccc(Cl)cc2)CC1. The van der Waals surface area contributed by atoms with Gasteiger partial charge in [0.2, 0.25) is 0 Å². The van der Waals surface area contributed by atoms with E-state index in [1.54, 1.807) is 0 Å². The van der Waals surface area contributed by atoms with E-state index in [0.717, 1.165) is 43.7 Å². The molecule has 2 rings (SSSR count). The molecule has 0 atom stereocenters. The number of alkyl carbamates (subject to hydrolysis) is 1. The van der Waals surface area contributed by atoms with Crippen LogP contribution in [0.1, 0.15) is 52.0 Å². The summed E-state index contributed by atoms with van der Waals surface area (Å²) in [6.45, 7) is 6.62. The van der Waals surface area contributed by atoms with Crippen molar-refractivity contribution in [1.82, 2.24) is 10.6 Å². The predicted molar refractivity (Wildman–Crippen MR) is 98.6 cm³/mol. The Hall–Kier alpha value is -1.26. The predicted octanol–water partition coefficient (Wildman–Crippen LogP) is 4.31. The smallest absolute Gasteiger partial charge is 0.407 e. The molecule has 0 aliphatic heterocycles. The van der Waals surface area contributed by atoms with E-state index in [1.165, 1.54) is 5.56 Å². The van der Waals surface area contributed by atoms with Gasteiger partial charge < -0.3 is 15.4 Å². The molecule has 0 aromatic heterocycles. The molecule has 1 aliphatic rings. The third-order valence-corrected chi connectivity index (χ3v) is 4.46. The van der Waals surface area contributed by atoms with Gasteiger partial charge in [-0.05, 0) is 77.1 Å². The van der Waals surface area contributed by atoms with Crippen molar-refractivity contribution in [2.75, 3.05) is 6.54 Å². The Kier molecular flexibility index (Phi) is 6.93. The number of ether oxygens (including phenoxy) is 1. The van der Waals surface area contributed by atoms with Crippen LogP contribution in [0.25, 0.3) is 0 Å². The topological polar surface area (TPSA) is 50.4 Å². The number of amides is 1. The maximum Gasteiger partial charge on any atom is 0.407 e. The van der Waals surface area contributed by atoms with Crippen LogP contribution in [0.2, 0.25) is 5.02 Å². The van der Waals surface area contributed by atoms with Gasteiger partial charge in [0.1, 0.15) is 5.60 Å². The normalized spacial score (nSPS) is 21.3. The Bertz CT molecular complexity index is 517. The van der Waals surface area contributed by atoms with Crippen LogP contribution in [0.15, 0.2) is 24.3 Å². The molecule has 0 radical (unpaired) electrons. The van der Waals surface area contributed by atoms with Crippen LogP contribution in [-0.4, -0.2) is 30.3 Å². The van der Waals surface area contributed by atoms with E-state index in [9.17, 15) is 4.79 Å². The average molecular weight is 353 g/mol. The molecule has 1 amide bonds. The third-order valence-electron chi connectivity index (χ3n) is 4.21. The van der Waals surface area contributed by atoms with Crippen molar-refractivity contribution in [2.24, 2.45) is 0 Å². The summed E-state index contributed by atoms with van der Waals surface area (Å²) in [5.74, 6) is 0. The molecule has 0 spiro atoms. The number of carbonyl (C=O) groups excluding carboxylic acids is 1. The van der Waals surface area contributed by atoms with E-state index in [2.05, 4.69) is 22.8 Å². The molecule has 1 aliphatic carbocycles. The first kappa shape index (κ1) is 19.1. The fourth-order valence-corrected chi connectivity index (χ4v) is 3.11. The second kappa shape index (κ2) is 8.72. The fourth-order valence-electron chi connectivity index (χ4n) is 2.99. The highest BCUT2D eigenvalue weighted by atomic mass is 35.5. The van der Waals surface area contributed by atoms with E-state index < -0.39 is 5.60 Å². The zero-order chi connectivity index (χ0) is 17.6. The Morgan fingerprint density at radius 1 is 1.12 bits per heavy atom. The maximum atomic E-state index is 11.8. The number of rotatable bonds is 5. The highest BCUT2D eigenvalue weighted by molar-refractivity contribution is 6.30. The first-order chi connectivity index (χ1) is 11.3. The molecule has 134 valence electrons. The highest BCUT2D eigenvalue weighted by Crippen LogP contribution is 2.19. The summed E-state index contributed by atoms with van der Waals surface area (Å²) >= 11 is 5.90. The highest BCUT2D eigenvalue weighted by Gasteiger charge is 2.24. The number of halogens is 1. The van der Waals surface area contributed by atoms with Crippen LogP contribution in [-0.2, 0) is 11.2 Å². The number of nitrogens with one attached hydrogen (secondary N) is 2. The largest absolute Gasteiger partial charge is 0.444 e. The van der Waals surface area contributed by atoms with Crippen molar-refractivity contribution in [3.05, 3.63) is 34.9 Å². The number of hydrogen-bond acceptors (Lipinski definition) is 3. The Labute approximate surface area is 150 Å². The van der Waals surface area contributed by atoms with Crippen molar-refractivity contribution < 1.29 is 9.53 Å².